The minimum Gasteiger partial charge on any atom is -0.369 e. The number of anilines is 1. The van der Waals surface area contributed by atoms with Crippen molar-refractivity contribution in [3.05, 3.63) is 64.7 Å². The number of benzene rings is 2. The molecule has 142 valence electrons. The number of nitrogens with zero attached hydrogens (tertiary/aromatic N) is 3. The molecule has 0 spiro atoms. The highest BCUT2D eigenvalue weighted by molar-refractivity contribution is 6.30. The van der Waals surface area contributed by atoms with E-state index in [1.165, 1.54) is 11.3 Å². The SMILES string of the molecule is O=C(c1cccc(CN2CCN(c3ccc(Cl)cc3)CC2)c1)N1CCCC1. The number of hydrogen-bond donors (Lipinski definition) is 0. The van der Waals surface area contributed by atoms with E-state index in [1.54, 1.807) is 0 Å². The smallest absolute Gasteiger partial charge is 0.253 e. The zero-order valence-corrected chi connectivity index (χ0v) is 16.4. The van der Waals surface area contributed by atoms with E-state index in [1.807, 2.05) is 29.2 Å². The van der Waals surface area contributed by atoms with Crippen LogP contribution in [0.25, 0.3) is 0 Å². The Morgan fingerprint density at radius 2 is 1.59 bits per heavy atom. The molecular weight excluding hydrogens is 358 g/mol. The molecule has 2 aliphatic rings. The quantitative estimate of drug-likeness (QED) is 0.801. The Morgan fingerprint density at radius 1 is 0.889 bits per heavy atom. The maximum atomic E-state index is 12.6. The molecule has 0 saturated carbocycles. The summed E-state index contributed by atoms with van der Waals surface area (Å²) in [6, 6.07) is 16.2. The first-order valence-corrected chi connectivity index (χ1v) is 10.2. The third-order valence-electron chi connectivity index (χ3n) is 5.54. The van der Waals surface area contributed by atoms with Gasteiger partial charge in [-0.2, -0.15) is 0 Å². The molecule has 2 aliphatic heterocycles. The van der Waals surface area contributed by atoms with Crippen LogP contribution in [0.2, 0.25) is 5.02 Å². The number of halogens is 1. The molecule has 2 aromatic carbocycles. The summed E-state index contributed by atoms with van der Waals surface area (Å²) in [5, 5.41) is 0.778. The van der Waals surface area contributed by atoms with E-state index in [9.17, 15) is 4.79 Å². The average Bonchev–Trinajstić information content (AvgIpc) is 3.24. The number of carbonyl (C=O) groups excluding carboxylic acids is 1. The predicted molar refractivity (Wildman–Crippen MR) is 111 cm³/mol. The summed E-state index contributed by atoms with van der Waals surface area (Å²) in [6.45, 7) is 6.75. The van der Waals surface area contributed by atoms with E-state index < -0.39 is 0 Å². The molecule has 2 aromatic rings. The van der Waals surface area contributed by atoms with Gasteiger partial charge in [-0.25, -0.2) is 0 Å². The Kier molecular flexibility index (Phi) is 5.65. The molecule has 4 rings (SSSR count). The minimum absolute atomic E-state index is 0.182. The van der Waals surface area contributed by atoms with Crippen molar-refractivity contribution in [3.8, 4) is 0 Å². The summed E-state index contributed by atoms with van der Waals surface area (Å²) in [5.41, 5.74) is 3.28. The molecule has 1 amide bonds. The third-order valence-corrected chi connectivity index (χ3v) is 5.79. The van der Waals surface area contributed by atoms with Crippen molar-refractivity contribution in [1.29, 1.82) is 0 Å². The lowest BCUT2D eigenvalue weighted by Gasteiger charge is -2.36. The first kappa shape index (κ1) is 18.3. The van der Waals surface area contributed by atoms with E-state index in [2.05, 4.69) is 34.1 Å². The predicted octanol–water partition coefficient (Wildman–Crippen LogP) is 3.90. The number of rotatable bonds is 4. The van der Waals surface area contributed by atoms with Crippen molar-refractivity contribution >= 4 is 23.2 Å². The highest BCUT2D eigenvalue weighted by Crippen LogP contribution is 2.20. The molecule has 4 nitrogen and oxygen atoms in total. The molecule has 2 fully saturated rings. The molecular formula is C22H26ClN3O. The van der Waals surface area contributed by atoms with E-state index in [-0.39, 0.29) is 5.91 Å². The molecule has 0 unspecified atom stereocenters. The van der Waals surface area contributed by atoms with Gasteiger partial charge in [0.2, 0.25) is 0 Å². The van der Waals surface area contributed by atoms with Crippen LogP contribution in [0.5, 0.6) is 0 Å². The largest absolute Gasteiger partial charge is 0.369 e. The van der Waals surface area contributed by atoms with E-state index >= 15 is 0 Å². The lowest BCUT2D eigenvalue weighted by molar-refractivity contribution is 0.0792. The fourth-order valence-electron chi connectivity index (χ4n) is 3.98. The monoisotopic (exact) mass is 383 g/mol. The molecule has 5 heteroatoms. The van der Waals surface area contributed by atoms with Crippen LogP contribution in [0.1, 0.15) is 28.8 Å². The second-order valence-corrected chi connectivity index (χ2v) is 7.88. The van der Waals surface area contributed by atoms with Gasteiger partial charge in [0.25, 0.3) is 5.91 Å². The maximum Gasteiger partial charge on any atom is 0.253 e. The van der Waals surface area contributed by atoms with E-state index in [0.29, 0.717) is 0 Å². The molecule has 2 heterocycles. The summed E-state index contributed by atoms with van der Waals surface area (Å²) in [6.07, 6.45) is 2.26. The summed E-state index contributed by atoms with van der Waals surface area (Å²) in [5.74, 6) is 0.182. The van der Waals surface area contributed by atoms with Crippen LogP contribution in [0, 0.1) is 0 Å². The van der Waals surface area contributed by atoms with Crippen molar-refractivity contribution < 1.29 is 4.79 Å². The van der Waals surface area contributed by atoms with Gasteiger partial charge >= 0.3 is 0 Å². The second kappa shape index (κ2) is 8.32. The molecule has 2 saturated heterocycles. The van der Waals surface area contributed by atoms with Crippen LogP contribution >= 0.6 is 11.6 Å². The van der Waals surface area contributed by atoms with Crippen LogP contribution in [0.15, 0.2) is 48.5 Å². The van der Waals surface area contributed by atoms with Gasteiger partial charge in [0, 0.05) is 62.1 Å². The van der Waals surface area contributed by atoms with Gasteiger partial charge in [0.1, 0.15) is 0 Å². The number of likely N-dealkylation sites (tertiary alicyclic amines) is 1. The first-order chi connectivity index (χ1) is 13.2. The number of amides is 1. The first-order valence-electron chi connectivity index (χ1n) is 9.80. The minimum atomic E-state index is 0.182. The maximum absolute atomic E-state index is 12.6. The molecule has 0 aromatic heterocycles. The van der Waals surface area contributed by atoms with E-state index in [4.69, 9.17) is 11.6 Å². The molecule has 0 radical (unpaired) electrons. The summed E-state index contributed by atoms with van der Waals surface area (Å²) in [7, 11) is 0. The fraction of sp³-hybridized carbons (Fsp3) is 0.409. The van der Waals surface area contributed by atoms with Gasteiger partial charge in [-0.3, -0.25) is 9.69 Å². The summed E-state index contributed by atoms with van der Waals surface area (Å²) >= 11 is 5.99. The topological polar surface area (TPSA) is 26.8 Å². The molecule has 0 atom stereocenters. The second-order valence-electron chi connectivity index (χ2n) is 7.44. The Morgan fingerprint density at radius 3 is 2.30 bits per heavy atom. The molecule has 0 N–H and O–H groups in total. The van der Waals surface area contributed by atoms with Gasteiger partial charge in [-0.15, -0.1) is 0 Å². The van der Waals surface area contributed by atoms with Crippen molar-refractivity contribution in [2.24, 2.45) is 0 Å². The van der Waals surface area contributed by atoms with Crippen LogP contribution in [0.4, 0.5) is 5.69 Å². The van der Waals surface area contributed by atoms with Gasteiger partial charge in [-0.05, 0) is 54.8 Å². The highest BCUT2D eigenvalue weighted by Gasteiger charge is 2.21. The Hall–Kier alpha value is -2.04. The number of hydrogen-bond acceptors (Lipinski definition) is 3. The van der Waals surface area contributed by atoms with Crippen molar-refractivity contribution in [2.75, 3.05) is 44.2 Å². The zero-order chi connectivity index (χ0) is 18.6. The van der Waals surface area contributed by atoms with Crippen LogP contribution in [0.3, 0.4) is 0 Å². The zero-order valence-electron chi connectivity index (χ0n) is 15.6. The van der Waals surface area contributed by atoms with Gasteiger partial charge in [-0.1, -0.05) is 23.7 Å². The van der Waals surface area contributed by atoms with Crippen molar-refractivity contribution in [1.82, 2.24) is 9.80 Å². The van der Waals surface area contributed by atoms with E-state index in [0.717, 1.165) is 69.2 Å². The normalized spacial score (nSPS) is 18.1. The summed E-state index contributed by atoms with van der Waals surface area (Å²) < 4.78 is 0. The van der Waals surface area contributed by atoms with Gasteiger partial charge < -0.3 is 9.80 Å². The molecule has 0 aliphatic carbocycles. The number of piperazine rings is 1. The van der Waals surface area contributed by atoms with Crippen molar-refractivity contribution in [2.45, 2.75) is 19.4 Å². The van der Waals surface area contributed by atoms with Crippen LogP contribution < -0.4 is 4.90 Å². The Balaban J connectivity index is 1.34. The highest BCUT2D eigenvalue weighted by atomic mass is 35.5. The summed E-state index contributed by atoms with van der Waals surface area (Å²) in [4.78, 5) is 19.5. The van der Waals surface area contributed by atoms with Gasteiger partial charge in [0.05, 0.1) is 0 Å². The van der Waals surface area contributed by atoms with Crippen molar-refractivity contribution in [3.63, 3.8) is 0 Å². The number of carbonyl (C=O) groups is 1. The third kappa shape index (κ3) is 4.45. The lowest BCUT2D eigenvalue weighted by Crippen LogP contribution is -2.45. The standard InChI is InChI=1S/C22H26ClN3O/c23-20-6-8-21(9-7-20)25-14-12-24(13-15-25)17-18-4-3-5-19(16-18)22(27)26-10-1-2-11-26/h3-9,16H,1-2,10-15,17H2. The fourth-order valence-corrected chi connectivity index (χ4v) is 4.11. The average molecular weight is 384 g/mol. The van der Waals surface area contributed by atoms with Crippen LogP contribution in [-0.4, -0.2) is 55.0 Å². The molecule has 0 bridgehead atoms. The van der Waals surface area contributed by atoms with Gasteiger partial charge in [0.15, 0.2) is 0 Å². The molecule has 27 heavy (non-hydrogen) atoms. The lowest BCUT2D eigenvalue weighted by atomic mass is 10.1. The Labute approximate surface area is 166 Å². The Bertz CT molecular complexity index is 778. The van der Waals surface area contributed by atoms with Crippen LogP contribution in [-0.2, 0) is 6.54 Å².